The Hall–Kier alpha value is -0.380. The van der Waals surface area contributed by atoms with E-state index in [1.54, 1.807) is 0 Å². The minimum absolute atomic E-state index is 0.727. The van der Waals surface area contributed by atoms with E-state index < -0.39 is 0 Å². The molecule has 1 aromatic rings. The van der Waals surface area contributed by atoms with Gasteiger partial charge in [0.05, 0.1) is 0 Å². The minimum atomic E-state index is 0.727. The summed E-state index contributed by atoms with van der Waals surface area (Å²) in [5.74, 6) is 0.727. The molecule has 1 aromatic heterocycles. The van der Waals surface area contributed by atoms with E-state index in [1.807, 2.05) is 11.3 Å². The maximum atomic E-state index is 3.49. The zero-order chi connectivity index (χ0) is 12.7. The third kappa shape index (κ3) is 6.20. The van der Waals surface area contributed by atoms with Crippen molar-refractivity contribution < 1.29 is 0 Å². The van der Waals surface area contributed by atoms with Crippen LogP contribution in [0, 0.1) is 5.92 Å². The van der Waals surface area contributed by atoms with Gasteiger partial charge in [-0.05, 0) is 44.6 Å². The largest absolute Gasteiger partial charge is 0.312 e. The number of hydrogen-bond acceptors (Lipinski definition) is 3. The zero-order valence-corrected chi connectivity index (χ0v) is 12.4. The molecule has 0 aliphatic heterocycles. The summed E-state index contributed by atoms with van der Waals surface area (Å²) < 4.78 is 0. The Bertz CT molecular complexity index is 307. The summed E-state index contributed by atoms with van der Waals surface area (Å²) in [4.78, 5) is 5.31. The van der Waals surface area contributed by atoms with Crippen molar-refractivity contribution in [2.75, 3.05) is 20.1 Å². The molecule has 0 bridgehead atoms. The summed E-state index contributed by atoms with van der Waals surface area (Å²) in [5.41, 5.74) is 0. The SMILES string of the molecule is CCCN(C)Cc1ccc(CNCC(C)C)s1. The van der Waals surface area contributed by atoms with Crippen LogP contribution in [0.3, 0.4) is 0 Å². The molecule has 0 radical (unpaired) electrons. The first-order chi connectivity index (χ1) is 8.11. The average molecular weight is 254 g/mol. The van der Waals surface area contributed by atoms with Crippen LogP contribution >= 0.6 is 11.3 Å². The van der Waals surface area contributed by atoms with Crippen LogP contribution in [0.5, 0.6) is 0 Å². The number of rotatable bonds is 8. The minimum Gasteiger partial charge on any atom is -0.312 e. The van der Waals surface area contributed by atoms with Crippen molar-refractivity contribution in [3.63, 3.8) is 0 Å². The second-order valence-electron chi connectivity index (χ2n) is 5.13. The van der Waals surface area contributed by atoms with Gasteiger partial charge in [0.15, 0.2) is 0 Å². The van der Waals surface area contributed by atoms with E-state index in [1.165, 1.54) is 22.7 Å². The van der Waals surface area contributed by atoms with Crippen molar-refractivity contribution in [1.29, 1.82) is 0 Å². The van der Waals surface area contributed by atoms with Gasteiger partial charge >= 0.3 is 0 Å². The first-order valence-corrected chi connectivity index (χ1v) is 7.40. The van der Waals surface area contributed by atoms with Crippen LogP contribution in [-0.4, -0.2) is 25.0 Å². The molecule has 98 valence electrons. The highest BCUT2D eigenvalue weighted by Gasteiger charge is 2.03. The van der Waals surface area contributed by atoms with E-state index in [0.717, 1.165) is 25.6 Å². The zero-order valence-electron chi connectivity index (χ0n) is 11.6. The molecule has 0 saturated heterocycles. The molecular weight excluding hydrogens is 228 g/mol. The normalized spacial score (nSPS) is 11.6. The molecule has 0 amide bonds. The van der Waals surface area contributed by atoms with Crippen LogP contribution in [0.4, 0.5) is 0 Å². The molecule has 0 aliphatic rings. The van der Waals surface area contributed by atoms with Gasteiger partial charge in [-0.25, -0.2) is 0 Å². The van der Waals surface area contributed by atoms with E-state index in [2.05, 4.69) is 50.2 Å². The summed E-state index contributed by atoms with van der Waals surface area (Å²) in [7, 11) is 2.19. The average Bonchev–Trinajstić information content (AvgIpc) is 2.65. The van der Waals surface area contributed by atoms with Crippen molar-refractivity contribution in [2.45, 2.75) is 40.3 Å². The Morgan fingerprint density at radius 1 is 1.29 bits per heavy atom. The predicted molar refractivity (Wildman–Crippen MR) is 77.5 cm³/mol. The lowest BCUT2D eigenvalue weighted by Crippen LogP contribution is -2.18. The van der Waals surface area contributed by atoms with Gasteiger partial charge in [-0.3, -0.25) is 0 Å². The molecule has 1 heterocycles. The maximum Gasteiger partial charge on any atom is 0.0324 e. The highest BCUT2D eigenvalue weighted by molar-refractivity contribution is 7.11. The maximum absolute atomic E-state index is 3.49. The first kappa shape index (κ1) is 14.7. The predicted octanol–water partition coefficient (Wildman–Crippen LogP) is 3.34. The lowest BCUT2D eigenvalue weighted by Gasteiger charge is -2.13. The van der Waals surface area contributed by atoms with Gasteiger partial charge in [-0.1, -0.05) is 20.8 Å². The molecule has 1 rings (SSSR count). The van der Waals surface area contributed by atoms with Crippen LogP contribution in [0.15, 0.2) is 12.1 Å². The van der Waals surface area contributed by atoms with Crippen LogP contribution in [-0.2, 0) is 13.1 Å². The molecule has 1 N–H and O–H groups in total. The Morgan fingerprint density at radius 2 is 2.00 bits per heavy atom. The second kappa shape index (κ2) is 7.85. The van der Waals surface area contributed by atoms with Gasteiger partial charge in [0.2, 0.25) is 0 Å². The molecule has 2 nitrogen and oxygen atoms in total. The van der Waals surface area contributed by atoms with Crippen LogP contribution < -0.4 is 5.32 Å². The Balaban J connectivity index is 2.32. The monoisotopic (exact) mass is 254 g/mol. The quantitative estimate of drug-likeness (QED) is 0.765. The lowest BCUT2D eigenvalue weighted by molar-refractivity contribution is 0.330. The summed E-state index contributed by atoms with van der Waals surface area (Å²) in [6.45, 7) is 11.1. The van der Waals surface area contributed by atoms with E-state index in [-0.39, 0.29) is 0 Å². The molecular formula is C14H26N2S. The van der Waals surface area contributed by atoms with Gasteiger partial charge < -0.3 is 10.2 Å². The van der Waals surface area contributed by atoms with Crippen LogP contribution in [0.1, 0.15) is 36.9 Å². The molecule has 0 unspecified atom stereocenters. The van der Waals surface area contributed by atoms with Crippen molar-refractivity contribution in [3.8, 4) is 0 Å². The smallest absolute Gasteiger partial charge is 0.0324 e. The number of thiophene rings is 1. The first-order valence-electron chi connectivity index (χ1n) is 6.58. The summed E-state index contributed by atoms with van der Waals surface area (Å²) in [6.07, 6.45) is 1.23. The van der Waals surface area contributed by atoms with Crippen LogP contribution in [0.2, 0.25) is 0 Å². The Morgan fingerprint density at radius 3 is 2.65 bits per heavy atom. The van der Waals surface area contributed by atoms with Crippen molar-refractivity contribution in [1.82, 2.24) is 10.2 Å². The molecule has 0 atom stereocenters. The summed E-state index contributed by atoms with van der Waals surface area (Å²) in [6, 6.07) is 4.52. The van der Waals surface area contributed by atoms with E-state index in [9.17, 15) is 0 Å². The fraction of sp³-hybridized carbons (Fsp3) is 0.714. The molecule has 0 aromatic carbocycles. The molecule has 3 heteroatoms. The highest BCUT2D eigenvalue weighted by Crippen LogP contribution is 2.17. The Labute approximate surface area is 110 Å². The molecule has 0 spiro atoms. The number of nitrogens with zero attached hydrogens (tertiary/aromatic N) is 1. The van der Waals surface area contributed by atoms with Gasteiger partial charge in [-0.15, -0.1) is 11.3 Å². The van der Waals surface area contributed by atoms with Gasteiger partial charge in [0.1, 0.15) is 0 Å². The lowest BCUT2D eigenvalue weighted by atomic mass is 10.2. The fourth-order valence-electron chi connectivity index (χ4n) is 1.81. The molecule has 0 saturated carbocycles. The third-order valence-corrected chi connectivity index (χ3v) is 3.67. The fourth-order valence-corrected chi connectivity index (χ4v) is 2.88. The van der Waals surface area contributed by atoms with Crippen molar-refractivity contribution in [2.24, 2.45) is 5.92 Å². The van der Waals surface area contributed by atoms with Crippen LogP contribution in [0.25, 0.3) is 0 Å². The van der Waals surface area contributed by atoms with Gasteiger partial charge in [0, 0.05) is 22.8 Å². The Kier molecular flexibility index (Phi) is 6.78. The van der Waals surface area contributed by atoms with Crippen molar-refractivity contribution >= 4 is 11.3 Å². The summed E-state index contributed by atoms with van der Waals surface area (Å²) >= 11 is 1.93. The van der Waals surface area contributed by atoms with Gasteiger partial charge in [-0.2, -0.15) is 0 Å². The number of nitrogens with one attached hydrogen (secondary N) is 1. The third-order valence-electron chi connectivity index (χ3n) is 2.60. The topological polar surface area (TPSA) is 15.3 Å². The van der Waals surface area contributed by atoms with Crippen molar-refractivity contribution in [3.05, 3.63) is 21.9 Å². The van der Waals surface area contributed by atoms with E-state index in [0.29, 0.717) is 0 Å². The second-order valence-corrected chi connectivity index (χ2v) is 6.38. The van der Waals surface area contributed by atoms with E-state index >= 15 is 0 Å². The molecule has 0 aliphatic carbocycles. The van der Waals surface area contributed by atoms with Gasteiger partial charge in [0.25, 0.3) is 0 Å². The van der Waals surface area contributed by atoms with E-state index in [4.69, 9.17) is 0 Å². The standard InChI is InChI=1S/C14H26N2S/c1-5-8-16(4)11-14-7-6-13(17-14)10-15-9-12(2)3/h6-7,12,15H,5,8-11H2,1-4H3. The highest BCUT2D eigenvalue weighted by atomic mass is 32.1. The molecule has 0 fully saturated rings. The molecule has 17 heavy (non-hydrogen) atoms. The number of hydrogen-bond donors (Lipinski definition) is 1. The summed E-state index contributed by atoms with van der Waals surface area (Å²) in [5, 5.41) is 3.49.